The van der Waals surface area contributed by atoms with Crippen molar-refractivity contribution in [2.45, 2.75) is 12.1 Å². The Morgan fingerprint density at radius 2 is 1.63 bits per heavy atom. The lowest BCUT2D eigenvalue weighted by Crippen LogP contribution is -2.42. The highest BCUT2D eigenvalue weighted by Gasteiger charge is 2.19. The lowest BCUT2D eigenvalue weighted by molar-refractivity contribution is -0.137. The summed E-state index contributed by atoms with van der Waals surface area (Å²) in [5.74, 6) is -1.46. The van der Waals surface area contributed by atoms with E-state index >= 15 is 0 Å². The highest BCUT2D eigenvalue weighted by atomic mass is 33.1. The van der Waals surface area contributed by atoms with Gasteiger partial charge in [0.2, 0.25) is 5.91 Å². The number of rotatable bonds is 9. The minimum absolute atomic E-state index is 0.164. The maximum atomic E-state index is 11.3. The third kappa shape index (κ3) is 10.2. The fraction of sp³-hybridized carbons (Fsp3) is 0.714. The molecule has 0 radical (unpaired) electrons. The van der Waals surface area contributed by atoms with Gasteiger partial charge in [-0.3, -0.25) is 14.2 Å². The Morgan fingerprint density at radius 1 is 1.16 bits per heavy atom. The molecular formula is C7H16N3O6PS2. The van der Waals surface area contributed by atoms with Crippen molar-refractivity contribution in [2.75, 3.05) is 17.8 Å². The van der Waals surface area contributed by atoms with E-state index in [1.165, 1.54) is 0 Å². The average Bonchev–Trinajstić information content (AvgIpc) is 2.29. The molecule has 0 aromatic rings. The van der Waals surface area contributed by atoms with Crippen molar-refractivity contribution in [1.82, 2.24) is 5.32 Å². The normalized spacial score (nSPS) is 14.7. The van der Waals surface area contributed by atoms with Gasteiger partial charge < -0.3 is 31.7 Å². The molecule has 0 aliphatic rings. The minimum Gasteiger partial charge on any atom is -0.480 e. The molecule has 0 aliphatic carbocycles. The first-order valence-electron chi connectivity index (χ1n) is 4.94. The third-order valence-corrected chi connectivity index (χ3v) is 4.74. The number of aliphatic carboxylic acids is 1. The molecule has 0 aromatic carbocycles. The first-order chi connectivity index (χ1) is 8.63. The number of nitrogens with two attached hydrogens (primary N) is 2. The van der Waals surface area contributed by atoms with Crippen LogP contribution in [0.4, 0.5) is 0 Å². The quantitative estimate of drug-likeness (QED) is 0.163. The van der Waals surface area contributed by atoms with E-state index in [1.807, 2.05) is 5.32 Å². The van der Waals surface area contributed by atoms with Gasteiger partial charge in [0.25, 0.3) is 0 Å². The van der Waals surface area contributed by atoms with E-state index in [4.69, 9.17) is 26.4 Å². The van der Waals surface area contributed by atoms with Gasteiger partial charge in [0.05, 0.1) is 6.04 Å². The van der Waals surface area contributed by atoms with Gasteiger partial charge in [0.15, 0.2) is 0 Å². The first-order valence-corrected chi connectivity index (χ1v) is 9.22. The Hall–Kier alpha value is -0.290. The Labute approximate surface area is 117 Å². The second-order valence-corrected chi connectivity index (χ2v) is 7.68. The fourth-order valence-electron chi connectivity index (χ4n) is 0.702. The summed E-state index contributed by atoms with van der Waals surface area (Å²) in [6.07, 6.45) is -0.763. The monoisotopic (exact) mass is 333 g/mol. The second kappa shape index (κ2) is 8.80. The van der Waals surface area contributed by atoms with Gasteiger partial charge >= 0.3 is 13.6 Å². The van der Waals surface area contributed by atoms with Crippen molar-refractivity contribution in [3.05, 3.63) is 0 Å². The van der Waals surface area contributed by atoms with Gasteiger partial charge in [-0.2, -0.15) is 0 Å². The fourth-order valence-corrected chi connectivity index (χ4v) is 3.30. The molecule has 0 bridgehead atoms. The van der Waals surface area contributed by atoms with Crippen molar-refractivity contribution in [1.29, 1.82) is 0 Å². The van der Waals surface area contributed by atoms with E-state index in [0.29, 0.717) is 0 Å². The van der Waals surface area contributed by atoms with Crippen molar-refractivity contribution in [3.8, 4) is 0 Å². The van der Waals surface area contributed by atoms with Crippen LogP contribution in [0.3, 0.4) is 0 Å². The van der Waals surface area contributed by atoms with Crippen molar-refractivity contribution in [3.63, 3.8) is 0 Å². The predicted octanol–water partition coefficient (Wildman–Crippen LogP) is -1.64. The van der Waals surface area contributed by atoms with Crippen LogP contribution in [0.25, 0.3) is 0 Å². The molecule has 0 aromatic heterocycles. The van der Waals surface area contributed by atoms with Crippen LogP contribution in [0.1, 0.15) is 0 Å². The summed E-state index contributed by atoms with van der Waals surface area (Å²) in [5.41, 5.74) is 10.7. The van der Waals surface area contributed by atoms with Gasteiger partial charge in [-0.1, -0.05) is 21.6 Å². The molecule has 0 spiro atoms. The summed E-state index contributed by atoms with van der Waals surface area (Å²) in [4.78, 5) is 38.8. The third-order valence-electron chi connectivity index (χ3n) is 1.69. The summed E-state index contributed by atoms with van der Waals surface area (Å²) in [7, 11) is -1.98. The van der Waals surface area contributed by atoms with Crippen LogP contribution in [-0.2, 0) is 14.2 Å². The van der Waals surface area contributed by atoms with Crippen LogP contribution in [-0.4, -0.2) is 56.6 Å². The molecule has 1 amide bonds. The zero-order valence-electron chi connectivity index (χ0n) is 9.76. The van der Waals surface area contributed by atoms with Crippen LogP contribution in [0.5, 0.6) is 0 Å². The number of hydrogen-bond acceptors (Lipinski definition) is 7. The van der Waals surface area contributed by atoms with Crippen molar-refractivity contribution in [2.24, 2.45) is 11.5 Å². The van der Waals surface area contributed by atoms with Crippen LogP contribution in [0.15, 0.2) is 0 Å². The maximum Gasteiger partial charge on any atom is 0.344 e. The summed E-state index contributed by atoms with van der Waals surface area (Å²) < 4.78 is 10.5. The largest absolute Gasteiger partial charge is 0.480 e. The summed E-state index contributed by atoms with van der Waals surface area (Å²) in [6.45, 7) is 0. The van der Waals surface area contributed by atoms with Crippen molar-refractivity contribution >= 4 is 41.1 Å². The van der Waals surface area contributed by atoms with Gasteiger partial charge in [0, 0.05) is 11.5 Å². The van der Waals surface area contributed by atoms with Crippen LogP contribution in [0, 0.1) is 0 Å². The van der Waals surface area contributed by atoms with Crippen LogP contribution in [0.2, 0.25) is 0 Å². The van der Waals surface area contributed by atoms with Gasteiger partial charge in [-0.05, 0) is 0 Å². The molecule has 0 fully saturated rings. The number of amides is 1. The van der Waals surface area contributed by atoms with Crippen LogP contribution < -0.4 is 16.8 Å². The molecular weight excluding hydrogens is 317 g/mol. The zero-order valence-corrected chi connectivity index (χ0v) is 12.3. The first kappa shape index (κ1) is 18.7. The topological polar surface area (TPSA) is 176 Å². The summed E-state index contributed by atoms with van der Waals surface area (Å²) in [5, 5.41) is 10.5. The Kier molecular flexibility index (Phi) is 8.66. The molecule has 0 saturated heterocycles. The zero-order chi connectivity index (χ0) is 15.1. The predicted molar refractivity (Wildman–Crippen MR) is 73.6 cm³/mol. The lowest BCUT2D eigenvalue weighted by Gasteiger charge is -2.12. The molecule has 0 rings (SSSR count). The number of nitrogens with one attached hydrogen (secondary N) is 1. The van der Waals surface area contributed by atoms with Gasteiger partial charge in [-0.15, -0.1) is 0 Å². The molecule has 0 saturated carbocycles. The number of hydrogen-bond donors (Lipinski definition) is 6. The molecule has 0 aliphatic heterocycles. The molecule has 0 unspecified atom stereocenters. The van der Waals surface area contributed by atoms with Gasteiger partial charge in [-0.25, -0.2) is 0 Å². The van der Waals surface area contributed by atoms with E-state index < -0.39 is 37.8 Å². The second-order valence-electron chi connectivity index (χ2n) is 3.48. The molecule has 19 heavy (non-hydrogen) atoms. The summed E-state index contributed by atoms with van der Waals surface area (Å²) in [6, 6.07) is -1.93. The standard InChI is InChI=1S/C7H16N3O6PS2/c8-4(6(11)10-3-17(14,15)16)1-18-19-2-5(9)7(12)13/h4-5H,1-3,8-9H2,(H,10,11)(H,12,13)(H2,14,15,16)/t4-,5-/m0/s1. The molecule has 112 valence electrons. The van der Waals surface area contributed by atoms with Crippen LogP contribution >= 0.6 is 29.2 Å². The van der Waals surface area contributed by atoms with E-state index in [0.717, 1.165) is 21.6 Å². The highest BCUT2D eigenvalue weighted by Crippen LogP contribution is 2.32. The van der Waals surface area contributed by atoms with E-state index in [9.17, 15) is 14.2 Å². The molecule has 9 nitrogen and oxygen atoms in total. The Bertz CT molecular complexity index is 365. The molecule has 8 N–H and O–H groups in total. The molecule has 2 atom stereocenters. The van der Waals surface area contributed by atoms with E-state index in [-0.39, 0.29) is 11.5 Å². The lowest BCUT2D eigenvalue weighted by atomic mass is 10.3. The number of carboxylic acids is 1. The van der Waals surface area contributed by atoms with E-state index in [1.54, 1.807) is 0 Å². The number of carboxylic acid groups (broad SMARTS) is 1. The minimum atomic E-state index is -4.30. The number of carbonyl (C=O) groups is 2. The summed E-state index contributed by atoms with van der Waals surface area (Å²) >= 11 is 0. The average molecular weight is 333 g/mol. The highest BCUT2D eigenvalue weighted by molar-refractivity contribution is 8.76. The maximum absolute atomic E-state index is 11.3. The van der Waals surface area contributed by atoms with Crippen molar-refractivity contribution < 1.29 is 29.0 Å². The molecule has 0 heterocycles. The Morgan fingerprint density at radius 3 is 2.05 bits per heavy atom. The van der Waals surface area contributed by atoms with E-state index in [2.05, 4.69) is 0 Å². The smallest absolute Gasteiger partial charge is 0.344 e. The number of carbonyl (C=O) groups excluding carboxylic acids is 1. The molecule has 12 heteroatoms. The van der Waals surface area contributed by atoms with Gasteiger partial charge in [0.1, 0.15) is 12.3 Å². The Balaban J connectivity index is 3.80. The SMILES string of the molecule is N[C@@H](CSSC[C@H](N)C(=O)NCP(=O)(O)O)C(=O)O.